The number of nitrogens with zero attached hydrogens (tertiary/aromatic N) is 3. The number of guanidine groups is 1. The van der Waals surface area contributed by atoms with Crippen LogP contribution < -0.4 is 10.6 Å². The lowest BCUT2D eigenvalue weighted by Crippen LogP contribution is -2.42. The summed E-state index contributed by atoms with van der Waals surface area (Å²) in [5, 5.41) is 10.2. The minimum absolute atomic E-state index is 0.722. The molecular formula is C19H29N5S2. The summed E-state index contributed by atoms with van der Waals surface area (Å²) in [7, 11) is 1.83. The van der Waals surface area contributed by atoms with Crippen molar-refractivity contribution in [3.63, 3.8) is 0 Å². The Kier molecular flexibility index (Phi) is 7.46. The maximum absolute atomic E-state index is 4.45. The molecule has 0 amide bonds. The van der Waals surface area contributed by atoms with Gasteiger partial charge in [0.2, 0.25) is 0 Å². The normalized spacial score (nSPS) is 16.8. The van der Waals surface area contributed by atoms with Gasteiger partial charge in [0.05, 0.1) is 6.54 Å². The molecule has 1 aliphatic heterocycles. The highest BCUT2D eigenvalue weighted by atomic mass is 32.1. The summed E-state index contributed by atoms with van der Waals surface area (Å²) in [5.41, 5.74) is 0. The highest BCUT2D eigenvalue weighted by Crippen LogP contribution is 2.20. The summed E-state index contributed by atoms with van der Waals surface area (Å²) >= 11 is 3.63. The molecule has 0 aromatic carbocycles. The van der Waals surface area contributed by atoms with Gasteiger partial charge in [0, 0.05) is 36.1 Å². The van der Waals surface area contributed by atoms with Gasteiger partial charge in [-0.1, -0.05) is 13.0 Å². The maximum atomic E-state index is 4.45. The van der Waals surface area contributed by atoms with Crippen molar-refractivity contribution in [1.29, 1.82) is 0 Å². The average Bonchev–Trinajstić information content (AvgIpc) is 3.35. The number of aromatic nitrogens is 1. The molecular weight excluding hydrogens is 362 g/mol. The number of aliphatic imine (C=N–C) groups is 1. The van der Waals surface area contributed by atoms with E-state index in [0.29, 0.717) is 0 Å². The molecule has 5 nitrogen and oxygen atoms in total. The van der Waals surface area contributed by atoms with Gasteiger partial charge in [0.25, 0.3) is 0 Å². The van der Waals surface area contributed by atoms with Crippen molar-refractivity contribution in [2.45, 2.75) is 39.3 Å². The predicted molar refractivity (Wildman–Crippen MR) is 112 cm³/mol. The quantitative estimate of drug-likeness (QED) is 0.561. The number of likely N-dealkylation sites (tertiary alicyclic amines) is 1. The van der Waals surface area contributed by atoms with Crippen LogP contribution in [0.25, 0.3) is 0 Å². The van der Waals surface area contributed by atoms with E-state index in [1.54, 1.807) is 11.3 Å². The largest absolute Gasteiger partial charge is 0.356 e. The van der Waals surface area contributed by atoms with Crippen LogP contribution in [-0.2, 0) is 19.5 Å². The van der Waals surface area contributed by atoms with E-state index in [2.05, 4.69) is 49.9 Å². The molecule has 0 saturated carbocycles. The summed E-state index contributed by atoms with van der Waals surface area (Å²) in [5.74, 6) is 1.60. The Morgan fingerprint density at radius 1 is 1.31 bits per heavy atom. The number of aryl methyl sites for hydroxylation is 1. The van der Waals surface area contributed by atoms with Gasteiger partial charge >= 0.3 is 0 Å². The smallest absolute Gasteiger partial charge is 0.191 e. The summed E-state index contributed by atoms with van der Waals surface area (Å²) in [4.78, 5) is 14.2. The van der Waals surface area contributed by atoms with Gasteiger partial charge in [-0.2, -0.15) is 0 Å². The predicted octanol–water partition coefficient (Wildman–Crippen LogP) is 3.34. The van der Waals surface area contributed by atoms with Gasteiger partial charge in [0.15, 0.2) is 5.96 Å². The van der Waals surface area contributed by atoms with Crippen molar-refractivity contribution in [1.82, 2.24) is 20.5 Å². The Morgan fingerprint density at radius 3 is 2.81 bits per heavy atom. The molecule has 26 heavy (non-hydrogen) atoms. The van der Waals surface area contributed by atoms with Gasteiger partial charge in [-0.05, 0) is 49.7 Å². The van der Waals surface area contributed by atoms with Crippen LogP contribution in [0.15, 0.2) is 28.7 Å². The van der Waals surface area contributed by atoms with Crippen molar-refractivity contribution in [3.8, 4) is 0 Å². The number of hydrogen-bond donors (Lipinski definition) is 2. The lowest BCUT2D eigenvalue weighted by atomic mass is 9.97. The zero-order valence-corrected chi connectivity index (χ0v) is 17.3. The maximum Gasteiger partial charge on any atom is 0.191 e. The molecule has 142 valence electrons. The number of thiazole rings is 1. The van der Waals surface area contributed by atoms with Crippen LogP contribution in [0.2, 0.25) is 0 Å². The minimum Gasteiger partial charge on any atom is -0.356 e. The standard InChI is InChI=1S/C19H29N5S2/c1-3-16-12-21-18(26-16)13-23-19(20-2)22-11-15-6-8-24(9-7-15)14-17-5-4-10-25-17/h4-5,10,12,15H,3,6-9,11,13-14H2,1-2H3,(H2,20,22,23). The zero-order valence-electron chi connectivity index (χ0n) is 15.7. The molecule has 1 fully saturated rings. The highest BCUT2D eigenvalue weighted by Gasteiger charge is 2.19. The summed E-state index contributed by atoms with van der Waals surface area (Å²) in [6.45, 7) is 7.38. The van der Waals surface area contributed by atoms with Crippen molar-refractivity contribution in [3.05, 3.63) is 38.5 Å². The Hall–Kier alpha value is -1.44. The van der Waals surface area contributed by atoms with E-state index < -0.39 is 0 Å². The first-order valence-corrected chi connectivity index (χ1v) is 11.1. The molecule has 0 atom stereocenters. The molecule has 2 aromatic heterocycles. The second-order valence-corrected chi connectivity index (χ2v) is 8.91. The molecule has 0 aliphatic carbocycles. The molecule has 0 spiro atoms. The monoisotopic (exact) mass is 391 g/mol. The topological polar surface area (TPSA) is 52.6 Å². The molecule has 0 bridgehead atoms. The number of hydrogen-bond acceptors (Lipinski definition) is 5. The van der Waals surface area contributed by atoms with E-state index in [4.69, 9.17) is 0 Å². The van der Waals surface area contributed by atoms with E-state index in [0.717, 1.165) is 42.9 Å². The van der Waals surface area contributed by atoms with Crippen LogP contribution >= 0.6 is 22.7 Å². The SMILES string of the molecule is CCc1cnc(CNC(=NC)NCC2CCN(Cc3cccs3)CC2)s1. The van der Waals surface area contributed by atoms with Gasteiger partial charge in [-0.3, -0.25) is 9.89 Å². The van der Waals surface area contributed by atoms with Gasteiger partial charge in [0.1, 0.15) is 5.01 Å². The van der Waals surface area contributed by atoms with E-state index in [1.165, 1.54) is 35.7 Å². The van der Waals surface area contributed by atoms with E-state index >= 15 is 0 Å². The molecule has 1 saturated heterocycles. The second kappa shape index (κ2) is 10.0. The Balaban J connectivity index is 1.35. The molecule has 7 heteroatoms. The fourth-order valence-electron chi connectivity index (χ4n) is 3.19. The van der Waals surface area contributed by atoms with Crippen LogP contribution in [0.1, 0.15) is 34.5 Å². The molecule has 2 N–H and O–H groups in total. The fourth-order valence-corrected chi connectivity index (χ4v) is 4.73. The van der Waals surface area contributed by atoms with Crippen molar-refractivity contribution in [2.24, 2.45) is 10.9 Å². The third-order valence-corrected chi connectivity index (χ3v) is 6.81. The first kappa shape index (κ1) is 19.3. The third kappa shape index (κ3) is 5.79. The van der Waals surface area contributed by atoms with Crippen molar-refractivity contribution >= 4 is 28.6 Å². The summed E-state index contributed by atoms with van der Waals surface area (Å²) < 4.78 is 0. The average molecular weight is 392 g/mol. The van der Waals surface area contributed by atoms with Crippen LogP contribution in [-0.4, -0.2) is 42.5 Å². The highest BCUT2D eigenvalue weighted by molar-refractivity contribution is 7.11. The fraction of sp³-hybridized carbons (Fsp3) is 0.579. The molecule has 1 aliphatic rings. The van der Waals surface area contributed by atoms with Gasteiger partial charge in [-0.25, -0.2) is 4.98 Å². The van der Waals surface area contributed by atoms with Gasteiger partial charge in [-0.15, -0.1) is 22.7 Å². The van der Waals surface area contributed by atoms with Crippen molar-refractivity contribution < 1.29 is 0 Å². The van der Waals surface area contributed by atoms with Crippen LogP contribution in [0.4, 0.5) is 0 Å². The van der Waals surface area contributed by atoms with E-state index in [1.807, 2.05) is 24.6 Å². The van der Waals surface area contributed by atoms with Crippen molar-refractivity contribution in [2.75, 3.05) is 26.7 Å². The molecule has 0 unspecified atom stereocenters. The Morgan fingerprint density at radius 2 is 2.15 bits per heavy atom. The number of piperidine rings is 1. The third-order valence-electron chi connectivity index (χ3n) is 4.81. The Labute approximate surface area is 164 Å². The summed E-state index contributed by atoms with van der Waals surface area (Å²) in [6.07, 6.45) is 5.53. The van der Waals surface area contributed by atoms with Crippen LogP contribution in [0.3, 0.4) is 0 Å². The number of nitrogens with one attached hydrogen (secondary N) is 2. The van der Waals surface area contributed by atoms with E-state index in [9.17, 15) is 0 Å². The molecule has 2 aromatic rings. The summed E-state index contributed by atoms with van der Waals surface area (Å²) in [6, 6.07) is 4.38. The van der Waals surface area contributed by atoms with Crippen LogP contribution in [0, 0.1) is 5.92 Å². The molecule has 3 heterocycles. The Bertz CT molecular complexity index is 672. The van der Waals surface area contributed by atoms with Gasteiger partial charge < -0.3 is 10.6 Å². The zero-order chi connectivity index (χ0) is 18.2. The number of rotatable bonds is 7. The van der Waals surface area contributed by atoms with E-state index in [-0.39, 0.29) is 0 Å². The lowest BCUT2D eigenvalue weighted by molar-refractivity contribution is 0.179. The minimum atomic E-state index is 0.722. The first-order valence-electron chi connectivity index (χ1n) is 9.39. The molecule has 3 rings (SSSR count). The first-order chi connectivity index (χ1) is 12.8. The molecule has 0 radical (unpaired) electrons. The second-order valence-electron chi connectivity index (χ2n) is 6.68. The number of thiophene rings is 1. The van der Waals surface area contributed by atoms with Crippen LogP contribution in [0.5, 0.6) is 0 Å². The lowest BCUT2D eigenvalue weighted by Gasteiger charge is -2.32.